The topological polar surface area (TPSA) is 66.8 Å². The molecule has 116 valence electrons. The van der Waals surface area contributed by atoms with Crippen LogP contribution in [-0.4, -0.2) is 40.2 Å². The second-order valence-corrected chi connectivity index (χ2v) is 7.47. The van der Waals surface area contributed by atoms with Gasteiger partial charge in [-0.3, -0.25) is 9.59 Å². The summed E-state index contributed by atoms with van der Waals surface area (Å²) < 4.78 is 6.11. The molecule has 4 rings (SSSR count). The highest BCUT2D eigenvalue weighted by Gasteiger charge is 2.72. The number of nitrogens with zero attached hydrogens (tertiary/aromatic N) is 1. The van der Waals surface area contributed by atoms with Gasteiger partial charge in [-0.2, -0.15) is 5.06 Å². The fourth-order valence-corrected chi connectivity index (χ4v) is 5.58. The average Bonchev–Trinajstić information content (AvgIpc) is 2.95. The van der Waals surface area contributed by atoms with Gasteiger partial charge >= 0.3 is 0 Å². The van der Waals surface area contributed by atoms with Gasteiger partial charge in [0.1, 0.15) is 17.6 Å². The van der Waals surface area contributed by atoms with E-state index in [0.29, 0.717) is 44.6 Å². The first kappa shape index (κ1) is 13.9. The molecule has 2 aliphatic carbocycles. The quantitative estimate of drug-likeness (QED) is 0.739. The van der Waals surface area contributed by atoms with Crippen LogP contribution in [0.25, 0.3) is 0 Å². The molecule has 1 N–H and O–H groups in total. The van der Waals surface area contributed by atoms with Gasteiger partial charge in [0.05, 0.1) is 5.41 Å². The molecular weight excluding hydrogens is 270 g/mol. The van der Waals surface area contributed by atoms with Crippen molar-refractivity contribution in [3.63, 3.8) is 0 Å². The lowest BCUT2D eigenvalue weighted by molar-refractivity contribution is -0.251. The van der Waals surface area contributed by atoms with Crippen molar-refractivity contribution in [1.29, 1.82) is 0 Å². The summed E-state index contributed by atoms with van der Waals surface area (Å²) in [6.07, 6.45) is 4.24. The zero-order valence-electron chi connectivity index (χ0n) is 12.5. The van der Waals surface area contributed by atoms with Gasteiger partial charge in [-0.1, -0.05) is 6.92 Å². The fraction of sp³-hybridized carbons (Fsp3) is 0.875. The third kappa shape index (κ3) is 1.57. The number of hydrogen-bond donors (Lipinski definition) is 1. The molecule has 0 aromatic carbocycles. The van der Waals surface area contributed by atoms with Gasteiger partial charge in [-0.15, -0.1) is 0 Å². The SMILES string of the molecule is CC1CC(=O)C23CCCN(O)C4CCC2(O4)C(=O)CC3C1. The number of hydroxylamine groups is 2. The highest BCUT2D eigenvalue weighted by atomic mass is 16.6. The van der Waals surface area contributed by atoms with E-state index < -0.39 is 17.2 Å². The number of carbonyl (C=O) groups is 2. The minimum atomic E-state index is -0.943. The van der Waals surface area contributed by atoms with Crippen LogP contribution in [0.15, 0.2) is 0 Å². The smallest absolute Gasteiger partial charge is 0.166 e. The summed E-state index contributed by atoms with van der Waals surface area (Å²) in [6.45, 7) is 2.63. The van der Waals surface area contributed by atoms with Crippen molar-refractivity contribution in [3.05, 3.63) is 0 Å². The molecule has 4 aliphatic rings. The summed E-state index contributed by atoms with van der Waals surface area (Å²) in [4.78, 5) is 25.8. The van der Waals surface area contributed by atoms with Gasteiger partial charge in [0.2, 0.25) is 0 Å². The lowest BCUT2D eigenvalue weighted by Gasteiger charge is -2.49. The fourth-order valence-electron chi connectivity index (χ4n) is 5.58. The number of ketones is 2. The number of carbonyl (C=O) groups excluding carboxylic acids is 2. The van der Waals surface area contributed by atoms with Crippen LogP contribution >= 0.6 is 0 Å². The number of hydrogen-bond acceptors (Lipinski definition) is 5. The number of ether oxygens (including phenoxy) is 1. The van der Waals surface area contributed by atoms with Gasteiger partial charge in [0.25, 0.3) is 0 Å². The molecule has 5 nitrogen and oxygen atoms in total. The van der Waals surface area contributed by atoms with Crippen molar-refractivity contribution < 1.29 is 19.5 Å². The summed E-state index contributed by atoms with van der Waals surface area (Å²) in [5, 5.41) is 11.2. The van der Waals surface area contributed by atoms with E-state index in [1.807, 2.05) is 0 Å². The van der Waals surface area contributed by atoms with Gasteiger partial charge in [0, 0.05) is 19.4 Å². The van der Waals surface area contributed by atoms with E-state index in [-0.39, 0.29) is 17.5 Å². The molecule has 5 unspecified atom stereocenters. The first-order valence-corrected chi connectivity index (χ1v) is 8.19. The summed E-state index contributed by atoms with van der Waals surface area (Å²) in [5.41, 5.74) is -1.55. The maximum absolute atomic E-state index is 13.0. The predicted octanol–water partition coefficient (Wildman–Crippen LogP) is 1.92. The lowest BCUT2D eigenvalue weighted by atomic mass is 9.56. The minimum Gasteiger partial charge on any atom is -0.346 e. The van der Waals surface area contributed by atoms with Crippen LogP contribution in [-0.2, 0) is 14.3 Å². The number of rotatable bonds is 0. The minimum absolute atomic E-state index is 0.104. The molecule has 2 saturated carbocycles. The molecule has 2 saturated heterocycles. The van der Waals surface area contributed by atoms with Crippen molar-refractivity contribution in [2.24, 2.45) is 17.3 Å². The van der Waals surface area contributed by atoms with E-state index in [9.17, 15) is 14.8 Å². The van der Waals surface area contributed by atoms with Crippen molar-refractivity contribution >= 4 is 11.6 Å². The standard InChI is InChI=1S/C16H23NO4/c1-10-7-11-9-13(19)16-5-3-14(21-16)17(20)6-2-4-15(11,16)12(18)8-10/h10-11,14,20H,2-9H2,1H3. The molecule has 0 aromatic rings. The molecule has 4 fully saturated rings. The van der Waals surface area contributed by atoms with Crippen LogP contribution in [0.2, 0.25) is 0 Å². The third-order valence-corrected chi connectivity index (χ3v) is 6.39. The molecule has 2 aliphatic heterocycles. The van der Waals surface area contributed by atoms with Crippen LogP contribution in [0.4, 0.5) is 0 Å². The molecule has 5 atom stereocenters. The van der Waals surface area contributed by atoms with Crippen molar-refractivity contribution in [2.75, 3.05) is 6.54 Å². The number of fused-ring (bicyclic) bond motifs is 1. The summed E-state index contributed by atoms with van der Waals surface area (Å²) >= 11 is 0. The summed E-state index contributed by atoms with van der Waals surface area (Å²) in [7, 11) is 0. The Morgan fingerprint density at radius 3 is 2.86 bits per heavy atom. The zero-order valence-corrected chi connectivity index (χ0v) is 12.5. The zero-order chi connectivity index (χ0) is 14.8. The van der Waals surface area contributed by atoms with Crippen LogP contribution < -0.4 is 0 Å². The Bertz CT molecular complexity index is 507. The maximum atomic E-state index is 13.0. The van der Waals surface area contributed by atoms with E-state index in [0.717, 1.165) is 12.8 Å². The van der Waals surface area contributed by atoms with E-state index in [1.54, 1.807) is 0 Å². The van der Waals surface area contributed by atoms with Gasteiger partial charge in [0.15, 0.2) is 5.78 Å². The van der Waals surface area contributed by atoms with Gasteiger partial charge < -0.3 is 9.94 Å². The van der Waals surface area contributed by atoms with Crippen molar-refractivity contribution in [1.82, 2.24) is 5.06 Å². The predicted molar refractivity (Wildman–Crippen MR) is 73.5 cm³/mol. The van der Waals surface area contributed by atoms with E-state index in [1.165, 1.54) is 5.06 Å². The molecule has 21 heavy (non-hydrogen) atoms. The number of Topliss-reactive ketones (excluding diaryl/α,β-unsaturated/α-hetero) is 2. The summed E-state index contributed by atoms with van der Waals surface area (Å²) in [6, 6.07) is 0. The van der Waals surface area contributed by atoms with E-state index >= 15 is 0 Å². The molecule has 0 amide bonds. The second-order valence-electron chi connectivity index (χ2n) is 7.47. The molecular formula is C16H23NO4. The average molecular weight is 293 g/mol. The highest BCUT2D eigenvalue weighted by molar-refractivity contribution is 6.02. The highest BCUT2D eigenvalue weighted by Crippen LogP contribution is 2.63. The lowest BCUT2D eigenvalue weighted by Crippen LogP contribution is -2.59. The Hall–Kier alpha value is -0.780. The normalized spacial score (nSPS) is 50.5. The van der Waals surface area contributed by atoms with E-state index in [4.69, 9.17) is 4.74 Å². The molecule has 2 bridgehead atoms. The Labute approximate surface area is 124 Å². The molecule has 2 spiro atoms. The van der Waals surface area contributed by atoms with Crippen LogP contribution in [0.5, 0.6) is 0 Å². The second kappa shape index (κ2) is 4.37. The van der Waals surface area contributed by atoms with Crippen molar-refractivity contribution in [2.45, 2.75) is 63.7 Å². The largest absolute Gasteiger partial charge is 0.346 e. The Morgan fingerprint density at radius 2 is 2.05 bits per heavy atom. The van der Waals surface area contributed by atoms with Gasteiger partial charge in [-0.05, 0) is 43.9 Å². The van der Waals surface area contributed by atoms with Crippen molar-refractivity contribution in [3.8, 4) is 0 Å². The van der Waals surface area contributed by atoms with Crippen LogP contribution in [0, 0.1) is 17.3 Å². The Balaban J connectivity index is 1.83. The first-order chi connectivity index (χ1) is 9.99. The molecule has 2 heterocycles. The Kier molecular flexibility index (Phi) is 2.88. The van der Waals surface area contributed by atoms with Crippen LogP contribution in [0.3, 0.4) is 0 Å². The summed E-state index contributed by atoms with van der Waals surface area (Å²) in [5.74, 6) is 0.857. The first-order valence-electron chi connectivity index (χ1n) is 8.19. The monoisotopic (exact) mass is 293 g/mol. The maximum Gasteiger partial charge on any atom is 0.166 e. The molecule has 5 heteroatoms. The Morgan fingerprint density at radius 1 is 1.24 bits per heavy atom. The van der Waals surface area contributed by atoms with Crippen LogP contribution in [0.1, 0.15) is 51.9 Å². The molecule has 0 aromatic heterocycles. The molecule has 0 radical (unpaired) electrons. The van der Waals surface area contributed by atoms with Gasteiger partial charge in [-0.25, -0.2) is 0 Å². The van der Waals surface area contributed by atoms with E-state index in [2.05, 4.69) is 6.92 Å². The third-order valence-electron chi connectivity index (χ3n) is 6.39.